The minimum Gasteiger partial charge on any atom is -0.464 e. The SMILES string of the molecule is Cc1ccc(-c2csc(NC(=O)C(C)Sc3nc(N)c(C#N)c(-c4ccco4)c3C#N)n2)cc1. The molecule has 168 valence electrons. The van der Waals surface area contributed by atoms with Gasteiger partial charge in [0.25, 0.3) is 0 Å². The highest BCUT2D eigenvalue weighted by Crippen LogP contribution is 2.37. The van der Waals surface area contributed by atoms with Crippen molar-refractivity contribution >= 4 is 40.0 Å². The molecule has 0 radical (unpaired) electrons. The Balaban J connectivity index is 1.56. The number of hydrogen-bond acceptors (Lipinski definition) is 9. The third-order valence-corrected chi connectivity index (χ3v) is 6.77. The Bertz CT molecular complexity index is 1430. The van der Waals surface area contributed by atoms with E-state index in [-0.39, 0.29) is 33.4 Å². The van der Waals surface area contributed by atoms with Crippen LogP contribution in [0.4, 0.5) is 10.9 Å². The van der Waals surface area contributed by atoms with Crippen molar-refractivity contribution in [3.05, 3.63) is 64.7 Å². The molecule has 0 saturated heterocycles. The van der Waals surface area contributed by atoms with Crippen molar-refractivity contribution in [3.63, 3.8) is 0 Å². The number of pyridine rings is 1. The summed E-state index contributed by atoms with van der Waals surface area (Å²) in [6, 6.07) is 15.3. The van der Waals surface area contributed by atoms with Crippen LogP contribution in [0.1, 0.15) is 23.6 Å². The molecule has 0 aliphatic rings. The second-order valence-corrected chi connectivity index (χ2v) is 9.47. The van der Waals surface area contributed by atoms with Crippen molar-refractivity contribution in [1.82, 2.24) is 9.97 Å². The second kappa shape index (κ2) is 9.79. The summed E-state index contributed by atoms with van der Waals surface area (Å²) in [4.78, 5) is 21.6. The van der Waals surface area contributed by atoms with E-state index >= 15 is 0 Å². The van der Waals surface area contributed by atoms with Crippen LogP contribution in [-0.2, 0) is 4.79 Å². The Labute approximate surface area is 204 Å². The number of aromatic nitrogens is 2. The zero-order valence-electron chi connectivity index (χ0n) is 18.2. The number of nitrogen functional groups attached to an aromatic ring is 1. The Morgan fingerprint density at radius 3 is 2.56 bits per heavy atom. The molecule has 4 aromatic rings. The lowest BCUT2D eigenvalue weighted by molar-refractivity contribution is -0.115. The van der Waals surface area contributed by atoms with Crippen LogP contribution in [0.5, 0.6) is 0 Å². The quantitative estimate of drug-likeness (QED) is 0.353. The van der Waals surface area contributed by atoms with E-state index in [1.807, 2.05) is 42.6 Å². The molecule has 0 fully saturated rings. The van der Waals surface area contributed by atoms with Crippen LogP contribution in [0.3, 0.4) is 0 Å². The maximum absolute atomic E-state index is 12.9. The van der Waals surface area contributed by atoms with Gasteiger partial charge in [-0.1, -0.05) is 41.6 Å². The van der Waals surface area contributed by atoms with Gasteiger partial charge in [0, 0.05) is 10.9 Å². The normalized spacial score (nSPS) is 11.4. The molecule has 3 aromatic heterocycles. The van der Waals surface area contributed by atoms with Crippen molar-refractivity contribution < 1.29 is 9.21 Å². The Hall–Kier alpha value is -4.12. The van der Waals surface area contributed by atoms with Gasteiger partial charge in [-0.15, -0.1) is 11.3 Å². The van der Waals surface area contributed by atoms with Crippen molar-refractivity contribution in [1.29, 1.82) is 10.5 Å². The number of thiazole rings is 1. The van der Waals surface area contributed by atoms with E-state index in [9.17, 15) is 15.3 Å². The number of aryl methyl sites for hydroxylation is 1. The van der Waals surface area contributed by atoms with Crippen LogP contribution < -0.4 is 11.1 Å². The van der Waals surface area contributed by atoms with Gasteiger partial charge in [0.1, 0.15) is 34.3 Å². The lowest BCUT2D eigenvalue weighted by Crippen LogP contribution is -2.22. The van der Waals surface area contributed by atoms with Gasteiger partial charge in [-0.05, 0) is 26.0 Å². The van der Waals surface area contributed by atoms with E-state index in [0.717, 1.165) is 28.6 Å². The summed E-state index contributed by atoms with van der Waals surface area (Å²) < 4.78 is 5.41. The molecule has 0 aliphatic heterocycles. The predicted molar refractivity (Wildman–Crippen MR) is 132 cm³/mol. The number of amides is 1. The summed E-state index contributed by atoms with van der Waals surface area (Å²) >= 11 is 2.40. The van der Waals surface area contributed by atoms with E-state index in [1.54, 1.807) is 19.1 Å². The summed E-state index contributed by atoms with van der Waals surface area (Å²) in [7, 11) is 0. The van der Waals surface area contributed by atoms with Crippen molar-refractivity contribution in [3.8, 4) is 34.7 Å². The number of carbonyl (C=O) groups excluding carboxylic acids is 1. The highest BCUT2D eigenvalue weighted by Gasteiger charge is 2.25. The molecule has 1 aromatic carbocycles. The first-order valence-corrected chi connectivity index (χ1v) is 11.8. The Morgan fingerprint density at radius 1 is 1.18 bits per heavy atom. The molecule has 34 heavy (non-hydrogen) atoms. The molecule has 3 heterocycles. The van der Waals surface area contributed by atoms with Crippen LogP contribution in [0, 0.1) is 29.6 Å². The summed E-state index contributed by atoms with van der Waals surface area (Å²) in [6.07, 6.45) is 1.44. The number of furan rings is 1. The highest BCUT2D eigenvalue weighted by atomic mass is 32.2. The molecule has 0 spiro atoms. The molecule has 10 heteroatoms. The number of benzene rings is 1. The van der Waals surface area contributed by atoms with Crippen molar-refractivity contribution in [2.75, 3.05) is 11.1 Å². The number of nitrogens with one attached hydrogen (secondary N) is 1. The number of thioether (sulfide) groups is 1. The van der Waals surface area contributed by atoms with E-state index in [2.05, 4.69) is 21.4 Å². The number of nitriles is 2. The minimum atomic E-state index is -0.622. The van der Waals surface area contributed by atoms with Crippen LogP contribution in [0.2, 0.25) is 0 Å². The number of hydrogen-bond donors (Lipinski definition) is 2. The second-order valence-electron chi connectivity index (χ2n) is 7.28. The molecule has 1 unspecified atom stereocenters. The largest absolute Gasteiger partial charge is 0.464 e. The molecule has 8 nitrogen and oxygen atoms in total. The summed E-state index contributed by atoms with van der Waals surface area (Å²) in [5.74, 6) is -0.0128. The van der Waals surface area contributed by atoms with Crippen molar-refractivity contribution in [2.45, 2.75) is 24.1 Å². The first-order chi connectivity index (χ1) is 16.4. The molecule has 1 amide bonds. The fourth-order valence-corrected chi connectivity index (χ4v) is 4.81. The van der Waals surface area contributed by atoms with E-state index in [4.69, 9.17) is 10.2 Å². The van der Waals surface area contributed by atoms with E-state index < -0.39 is 5.25 Å². The summed E-state index contributed by atoms with van der Waals surface area (Å²) in [5.41, 5.74) is 9.34. The predicted octanol–water partition coefficient (Wildman–Crippen LogP) is 5.22. The molecule has 0 aliphatic carbocycles. The third kappa shape index (κ3) is 4.64. The summed E-state index contributed by atoms with van der Waals surface area (Å²) in [5, 5.41) is 24.1. The zero-order valence-corrected chi connectivity index (χ0v) is 19.8. The molecule has 0 saturated carbocycles. The van der Waals surface area contributed by atoms with Crippen LogP contribution in [0.25, 0.3) is 22.6 Å². The van der Waals surface area contributed by atoms with E-state index in [0.29, 0.717) is 10.9 Å². The Morgan fingerprint density at radius 2 is 1.91 bits per heavy atom. The van der Waals surface area contributed by atoms with Gasteiger partial charge >= 0.3 is 0 Å². The molecule has 0 bridgehead atoms. The molecule has 1 atom stereocenters. The average molecular weight is 487 g/mol. The summed E-state index contributed by atoms with van der Waals surface area (Å²) in [6.45, 7) is 3.71. The molecule has 3 N–H and O–H groups in total. The van der Waals surface area contributed by atoms with E-state index in [1.165, 1.54) is 17.6 Å². The zero-order chi connectivity index (χ0) is 24.2. The van der Waals surface area contributed by atoms with Gasteiger partial charge < -0.3 is 15.5 Å². The monoisotopic (exact) mass is 486 g/mol. The topological polar surface area (TPSA) is 142 Å². The lowest BCUT2D eigenvalue weighted by atomic mass is 10.0. The first-order valence-electron chi connectivity index (χ1n) is 10.1. The maximum atomic E-state index is 12.9. The third-order valence-electron chi connectivity index (χ3n) is 4.92. The van der Waals surface area contributed by atoms with Gasteiger partial charge in [-0.25, -0.2) is 9.97 Å². The highest BCUT2D eigenvalue weighted by molar-refractivity contribution is 8.00. The Kier molecular flexibility index (Phi) is 6.64. The average Bonchev–Trinajstić information content (AvgIpc) is 3.51. The van der Waals surface area contributed by atoms with Crippen LogP contribution >= 0.6 is 23.1 Å². The standard InChI is InChI=1S/C24H18N6O2S2/c1-13-5-7-15(8-6-13)18-12-33-24(28-18)30-22(31)14(2)34-23-17(11-26)20(19-4-3-9-32-19)16(10-25)21(27)29-23/h3-9,12,14H,1-2H3,(H2,27,29)(H,28,30,31). The number of rotatable bonds is 6. The maximum Gasteiger partial charge on any atom is 0.239 e. The minimum absolute atomic E-state index is 0.0364. The van der Waals surface area contributed by atoms with Crippen LogP contribution in [-0.4, -0.2) is 21.1 Å². The van der Waals surface area contributed by atoms with Gasteiger partial charge in [-0.3, -0.25) is 4.79 Å². The smallest absolute Gasteiger partial charge is 0.239 e. The molecular weight excluding hydrogens is 468 g/mol. The number of nitrogens with two attached hydrogens (primary N) is 1. The first kappa shape index (κ1) is 23.1. The van der Waals surface area contributed by atoms with Gasteiger partial charge in [0.2, 0.25) is 5.91 Å². The number of nitrogens with zero attached hydrogens (tertiary/aromatic N) is 4. The van der Waals surface area contributed by atoms with Crippen molar-refractivity contribution in [2.24, 2.45) is 0 Å². The fourth-order valence-electron chi connectivity index (χ4n) is 3.17. The van der Waals surface area contributed by atoms with Gasteiger partial charge in [0.05, 0.1) is 28.3 Å². The molecule has 4 rings (SSSR count). The van der Waals surface area contributed by atoms with Crippen LogP contribution in [0.15, 0.2) is 57.5 Å². The number of anilines is 2. The van der Waals surface area contributed by atoms with Gasteiger partial charge in [0.15, 0.2) is 5.13 Å². The fraction of sp³-hybridized carbons (Fsp3) is 0.125. The lowest BCUT2D eigenvalue weighted by Gasteiger charge is -2.14. The number of carbonyl (C=O) groups is 1. The van der Waals surface area contributed by atoms with Gasteiger partial charge in [-0.2, -0.15) is 10.5 Å². The molecular formula is C24H18N6O2S2.